The highest BCUT2D eigenvalue weighted by Crippen LogP contribution is 2.18. The third kappa shape index (κ3) is 6.33. The molecule has 1 aromatic rings. The zero-order chi connectivity index (χ0) is 18.4. The molecule has 5 nitrogen and oxygen atoms in total. The number of benzene rings is 1. The van der Waals surface area contributed by atoms with E-state index < -0.39 is 0 Å². The average molecular weight is 366 g/mol. The van der Waals surface area contributed by atoms with Crippen LogP contribution in [0.4, 0.5) is 0 Å². The van der Waals surface area contributed by atoms with Crippen LogP contribution in [0.15, 0.2) is 24.3 Å². The number of nitrogens with one attached hydrogen (secondary N) is 2. The fourth-order valence-corrected chi connectivity index (χ4v) is 3.21. The first-order valence-corrected chi connectivity index (χ1v) is 9.30. The van der Waals surface area contributed by atoms with Gasteiger partial charge in [-0.1, -0.05) is 23.7 Å². The number of carbonyl (C=O) groups is 2. The fourth-order valence-electron chi connectivity index (χ4n) is 3.08. The Morgan fingerprint density at radius 3 is 2.28 bits per heavy atom. The van der Waals surface area contributed by atoms with Gasteiger partial charge in [-0.05, 0) is 64.4 Å². The molecule has 0 aromatic heterocycles. The van der Waals surface area contributed by atoms with Crippen LogP contribution in [-0.4, -0.2) is 42.4 Å². The van der Waals surface area contributed by atoms with E-state index in [0.29, 0.717) is 11.6 Å². The number of likely N-dealkylation sites (tertiary alicyclic amines) is 1. The maximum absolute atomic E-state index is 12.3. The van der Waals surface area contributed by atoms with E-state index in [1.54, 1.807) is 0 Å². The van der Waals surface area contributed by atoms with Gasteiger partial charge in [0.15, 0.2) is 0 Å². The topological polar surface area (TPSA) is 61.4 Å². The molecule has 138 valence electrons. The highest BCUT2D eigenvalue weighted by atomic mass is 35.5. The quantitative estimate of drug-likeness (QED) is 0.814. The number of carbonyl (C=O) groups excluding carboxylic acids is 2. The van der Waals surface area contributed by atoms with E-state index in [0.717, 1.165) is 31.5 Å². The van der Waals surface area contributed by atoms with E-state index in [2.05, 4.69) is 15.5 Å². The number of piperidine rings is 1. The molecule has 1 aliphatic rings. The monoisotopic (exact) mass is 365 g/mol. The van der Waals surface area contributed by atoms with Gasteiger partial charge in [-0.2, -0.15) is 0 Å². The molecular formula is C19H28ClN3O2. The van der Waals surface area contributed by atoms with Crippen LogP contribution in [0.5, 0.6) is 0 Å². The molecule has 1 aliphatic heterocycles. The normalized spacial score (nSPS) is 17.3. The predicted molar refractivity (Wildman–Crippen MR) is 100 cm³/mol. The third-order valence-electron chi connectivity index (χ3n) is 4.50. The molecule has 1 atom stereocenters. The molecule has 1 unspecified atom stereocenters. The van der Waals surface area contributed by atoms with Gasteiger partial charge in [0, 0.05) is 17.0 Å². The minimum Gasteiger partial charge on any atom is -0.354 e. The van der Waals surface area contributed by atoms with Gasteiger partial charge in [0.2, 0.25) is 11.8 Å². The maximum Gasteiger partial charge on any atom is 0.234 e. The number of amides is 2. The van der Waals surface area contributed by atoms with Gasteiger partial charge < -0.3 is 10.6 Å². The van der Waals surface area contributed by atoms with Crippen molar-refractivity contribution >= 4 is 23.4 Å². The second kappa shape index (κ2) is 9.20. The molecule has 1 aromatic carbocycles. The Labute approximate surface area is 155 Å². The lowest BCUT2D eigenvalue weighted by Crippen LogP contribution is -2.45. The van der Waals surface area contributed by atoms with E-state index >= 15 is 0 Å². The first-order valence-electron chi connectivity index (χ1n) is 8.92. The highest BCUT2D eigenvalue weighted by molar-refractivity contribution is 6.30. The van der Waals surface area contributed by atoms with Crippen molar-refractivity contribution in [2.45, 2.75) is 45.7 Å². The Morgan fingerprint density at radius 1 is 1.12 bits per heavy atom. The molecule has 0 spiro atoms. The molecule has 2 rings (SSSR count). The minimum atomic E-state index is -0.0564. The summed E-state index contributed by atoms with van der Waals surface area (Å²) in [5.74, 6) is 0.206. The van der Waals surface area contributed by atoms with Crippen LogP contribution in [-0.2, 0) is 9.59 Å². The summed E-state index contributed by atoms with van der Waals surface area (Å²) in [6.07, 6.45) is 1.61. The van der Waals surface area contributed by atoms with E-state index in [-0.39, 0.29) is 29.8 Å². The van der Waals surface area contributed by atoms with Crippen molar-refractivity contribution in [1.29, 1.82) is 0 Å². The van der Waals surface area contributed by atoms with Crippen LogP contribution in [0, 0.1) is 5.92 Å². The molecule has 0 saturated carbocycles. The summed E-state index contributed by atoms with van der Waals surface area (Å²) in [7, 11) is 0. The molecule has 25 heavy (non-hydrogen) atoms. The van der Waals surface area contributed by atoms with Crippen molar-refractivity contribution < 1.29 is 9.59 Å². The van der Waals surface area contributed by atoms with Gasteiger partial charge in [0.05, 0.1) is 12.6 Å². The van der Waals surface area contributed by atoms with Gasteiger partial charge in [0.1, 0.15) is 0 Å². The maximum atomic E-state index is 12.3. The van der Waals surface area contributed by atoms with Gasteiger partial charge in [-0.3, -0.25) is 14.5 Å². The van der Waals surface area contributed by atoms with Gasteiger partial charge in [-0.25, -0.2) is 0 Å². The summed E-state index contributed by atoms with van der Waals surface area (Å²) in [5.41, 5.74) is 1.03. The first-order chi connectivity index (χ1) is 11.8. The second-order valence-electron chi connectivity index (χ2n) is 7.05. The number of nitrogens with zero attached hydrogens (tertiary/aromatic N) is 1. The summed E-state index contributed by atoms with van der Waals surface area (Å²) in [6, 6.07) is 7.61. The van der Waals surface area contributed by atoms with Gasteiger partial charge >= 0.3 is 0 Å². The summed E-state index contributed by atoms with van der Waals surface area (Å²) in [4.78, 5) is 26.4. The van der Waals surface area contributed by atoms with Crippen LogP contribution in [0.2, 0.25) is 5.02 Å². The molecule has 1 fully saturated rings. The number of rotatable bonds is 6. The summed E-state index contributed by atoms with van der Waals surface area (Å²) in [5, 5.41) is 6.68. The van der Waals surface area contributed by atoms with E-state index in [4.69, 9.17) is 11.6 Å². The Hall–Kier alpha value is -1.59. The zero-order valence-electron chi connectivity index (χ0n) is 15.2. The van der Waals surface area contributed by atoms with E-state index in [1.807, 2.05) is 45.0 Å². The van der Waals surface area contributed by atoms with E-state index in [9.17, 15) is 9.59 Å². The molecule has 1 heterocycles. The summed E-state index contributed by atoms with van der Waals surface area (Å²) < 4.78 is 0. The molecular weight excluding hydrogens is 338 g/mol. The number of hydrogen-bond donors (Lipinski definition) is 2. The number of hydrogen-bond acceptors (Lipinski definition) is 3. The van der Waals surface area contributed by atoms with Gasteiger partial charge in [0.25, 0.3) is 0 Å². The first kappa shape index (κ1) is 19.7. The van der Waals surface area contributed by atoms with Crippen molar-refractivity contribution in [3.8, 4) is 0 Å². The molecule has 2 amide bonds. The standard InChI is InChI=1S/C19H28ClN3O2/c1-13(2)21-19(25)16-8-10-23(11-9-16)12-18(24)22-14(3)15-4-6-17(20)7-5-15/h4-7,13-14,16H,8-12H2,1-3H3,(H,21,25)(H,22,24). The summed E-state index contributed by atoms with van der Waals surface area (Å²) >= 11 is 5.89. The Balaban J connectivity index is 1.75. The SMILES string of the molecule is CC(C)NC(=O)C1CCN(CC(=O)NC(C)c2ccc(Cl)cc2)CC1. The molecule has 1 saturated heterocycles. The Kier molecular flexibility index (Phi) is 7.26. The van der Waals surface area contributed by atoms with Crippen LogP contribution in [0.3, 0.4) is 0 Å². The molecule has 2 N–H and O–H groups in total. The van der Waals surface area contributed by atoms with Crippen molar-refractivity contribution in [1.82, 2.24) is 15.5 Å². The minimum absolute atomic E-state index is 0.00697. The van der Waals surface area contributed by atoms with Crippen LogP contribution >= 0.6 is 11.6 Å². The Morgan fingerprint density at radius 2 is 1.72 bits per heavy atom. The van der Waals surface area contributed by atoms with Crippen molar-refractivity contribution in [3.05, 3.63) is 34.9 Å². The van der Waals surface area contributed by atoms with Crippen LogP contribution < -0.4 is 10.6 Å². The molecule has 6 heteroatoms. The largest absolute Gasteiger partial charge is 0.354 e. The lowest BCUT2D eigenvalue weighted by atomic mass is 9.95. The number of halogens is 1. The zero-order valence-corrected chi connectivity index (χ0v) is 16.0. The average Bonchev–Trinajstić information content (AvgIpc) is 2.55. The van der Waals surface area contributed by atoms with Crippen molar-refractivity contribution in [3.63, 3.8) is 0 Å². The molecule has 0 aliphatic carbocycles. The third-order valence-corrected chi connectivity index (χ3v) is 4.76. The van der Waals surface area contributed by atoms with Crippen molar-refractivity contribution in [2.75, 3.05) is 19.6 Å². The molecule has 0 bridgehead atoms. The molecule has 0 radical (unpaired) electrons. The summed E-state index contributed by atoms with van der Waals surface area (Å²) in [6.45, 7) is 7.83. The lowest BCUT2D eigenvalue weighted by molar-refractivity contribution is -0.127. The van der Waals surface area contributed by atoms with Crippen LogP contribution in [0.25, 0.3) is 0 Å². The second-order valence-corrected chi connectivity index (χ2v) is 7.49. The highest BCUT2D eigenvalue weighted by Gasteiger charge is 2.26. The van der Waals surface area contributed by atoms with E-state index in [1.165, 1.54) is 0 Å². The fraction of sp³-hybridized carbons (Fsp3) is 0.579. The van der Waals surface area contributed by atoms with Crippen LogP contribution in [0.1, 0.15) is 45.2 Å². The lowest BCUT2D eigenvalue weighted by Gasteiger charge is -2.31. The smallest absolute Gasteiger partial charge is 0.234 e. The van der Waals surface area contributed by atoms with Crippen molar-refractivity contribution in [2.24, 2.45) is 5.92 Å². The van der Waals surface area contributed by atoms with Gasteiger partial charge in [-0.15, -0.1) is 0 Å². The Bertz CT molecular complexity index is 581. The predicted octanol–water partition coefficient (Wildman–Crippen LogP) is 2.75.